The van der Waals surface area contributed by atoms with E-state index >= 15 is 0 Å². The van der Waals surface area contributed by atoms with Crippen LogP contribution < -0.4 is 9.47 Å². The number of hydrogen-bond donors (Lipinski definition) is 0. The largest absolute Gasteiger partial charge is 0.493 e. The molecule has 0 bridgehead atoms. The fraction of sp³-hybridized carbons (Fsp3) is 0.625. The van der Waals surface area contributed by atoms with Gasteiger partial charge in [-0.25, -0.2) is 0 Å². The standard InChI is InChI=1S/C16H22BrClO3/c1-19-15-9-12(13(17)10-16(15)20-2)14(18)7-6-11-5-3-4-8-21-11/h9-11,14H,3-8H2,1-2H3. The predicted molar refractivity (Wildman–Crippen MR) is 88.7 cm³/mol. The van der Waals surface area contributed by atoms with Gasteiger partial charge in [0.15, 0.2) is 11.5 Å². The monoisotopic (exact) mass is 376 g/mol. The van der Waals surface area contributed by atoms with Crippen molar-refractivity contribution < 1.29 is 14.2 Å². The molecule has 0 N–H and O–H groups in total. The van der Waals surface area contributed by atoms with E-state index in [2.05, 4.69) is 15.9 Å². The third kappa shape index (κ3) is 4.51. The number of alkyl halides is 1. The maximum Gasteiger partial charge on any atom is 0.161 e. The van der Waals surface area contributed by atoms with E-state index in [1.165, 1.54) is 12.8 Å². The highest BCUT2D eigenvalue weighted by molar-refractivity contribution is 9.10. The molecule has 0 radical (unpaired) electrons. The number of halogens is 2. The van der Waals surface area contributed by atoms with Crippen LogP contribution in [-0.4, -0.2) is 26.9 Å². The van der Waals surface area contributed by atoms with Gasteiger partial charge >= 0.3 is 0 Å². The SMILES string of the molecule is COc1cc(Br)c(C(Cl)CCC2CCCCO2)cc1OC. The summed E-state index contributed by atoms with van der Waals surface area (Å²) in [5, 5.41) is -0.0651. The average molecular weight is 378 g/mol. The molecule has 3 nitrogen and oxygen atoms in total. The maximum atomic E-state index is 6.57. The van der Waals surface area contributed by atoms with Crippen LogP contribution in [0.4, 0.5) is 0 Å². The van der Waals surface area contributed by atoms with Crippen molar-refractivity contribution >= 4 is 27.5 Å². The number of rotatable bonds is 6. The van der Waals surface area contributed by atoms with Gasteiger partial charge < -0.3 is 14.2 Å². The van der Waals surface area contributed by atoms with E-state index in [0.29, 0.717) is 17.6 Å². The molecule has 0 spiro atoms. The first-order chi connectivity index (χ1) is 10.2. The lowest BCUT2D eigenvalue weighted by Gasteiger charge is -2.24. The third-order valence-electron chi connectivity index (χ3n) is 3.86. The van der Waals surface area contributed by atoms with Crippen LogP contribution in [0.5, 0.6) is 11.5 Å². The zero-order valence-corrected chi connectivity index (χ0v) is 14.9. The molecule has 1 fully saturated rings. The van der Waals surface area contributed by atoms with Crippen molar-refractivity contribution in [1.29, 1.82) is 0 Å². The number of hydrogen-bond acceptors (Lipinski definition) is 3. The van der Waals surface area contributed by atoms with Gasteiger partial charge in [-0.3, -0.25) is 0 Å². The van der Waals surface area contributed by atoms with Crippen LogP contribution in [0.1, 0.15) is 43.0 Å². The highest BCUT2D eigenvalue weighted by Crippen LogP contribution is 2.40. The molecule has 0 amide bonds. The molecule has 1 heterocycles. The number of benzene rings is 1. The Hall–Kier alpha value is -0.450. The van der Waals surface area contributed by atoms with Crippen molar-refractivity contribution in [2.45, 2.75) is 43.6 Å². The predicted octanol–water partition coefficient (Wildman–Crippen LogP) is 5.10. The van der Waals surface area contributed by atoms with E-state index < -0.39 is 0 Å². The van der Waals surface area contributed by atoms with Gasteiger partial charge in [0.1, 0.15) is 0 Å². The first-order valence-electron chi connectivity index (χ1n) is 7.32. The molecule has 1 aromatic rings. The minimum Gasteiger partial charge on any atom is -0.493 e. The van der Waals surface area contributed by atoms with Crippen LogP contribution in [0.3, 0.4) is 0 Å². The lowest BCUT2D eigenvalue weighted by Crippen LogP contribution is -2.19. The molecule has 2 unspecified atom stereocenters. The molecular weight excluding hydrogens is 356 g/mol. The van der Waals surface area contributed by atoms with Crippen LogP contribution in [-0.2, 0) is 4.74 Å². The average Bonchev–Trinajstić information content (AvgIpc) is 2.53. The zero-order chi connectivity index (χ0) is 15.2. The fourth-order valence-electron chi connectivity index (χ4n) is 2.63. The van der Waals surface area contributed by atoms with Gasteiger partial charge in [0.25, 0.3) is 0 Å². The molecule has 21 heavy (non-hydrogen) atoms. The normalized spacial score (nSPS) is 20.1. The van der Waals surface area contributed by atoms with E-state index in [1.807, 2.05) is 12.1 Å². The summed E-state index contributed by atoms with van der Waals surface area (Å²) >= 11 is 10.1. The first kappa shape index (κ1) is 16.9. The lowest BCUT2D eigenvalue weighted by molar-refractivity contribution is 0.00999. The summed E-state index contributed by atoms with van der Waals surface area (Å²) in [5.74, 6) is 1.41. The van der Waals surface area contributed by atoms with E-state index in [9.17, 15) is 0 Å². The Labute approximate surface area is 140 Å². The molecule has 2 atom stereocenters. The molecule has 2 rings (SSSR count). The van der Waals surface area contributed by atoms with Gasteiger partial charge in [0.2, 0.25) is 0 Å². The van der Waals surface area contributed by atoms with Crippen molar-refractivity contribution in [1.82, 2.24) is 0 Å². The Kier molecular flexibility index (Phi) is 6.65. The van der Waals surface area contributed by atoms with Crippen LogP contribution >= 0.6 is 27.5 Å². The zero-order valence-electron chi connectivity index (χ0n) is 12.5. The Morgan fingerprint density at radius 2 is 2.00 bits per heavy atom. The summed E-state index contributed by atoms with van der Waals surface area (Å²) in [6, 6.07) is 3.85. The molecule has 1 aliphatic rings. The summed E-state index contributed by atoms with van der Waals surface area (Å²) in [6.07, 6.45) is 5.84. The minimum absolute atomic E-state index is 0.0651. The smallest absolute Gasteiger partial charge is 0.161 e. The van der Waals surface area contributed by atoms with Gasteiger partial charge in [-0.1, -0.05) is 15.9 Å². The first-order valence-corrected chi connectivity index (χ1v) is 8.55. The van der Waals surface area contributed by atoms with E-state index in [4.69, 9.17) is 25.8 Å². The summed E-state index contributed by atoms with van der Waals surface area (Å²) in [5.41, 5.74) is 1.03. The van der Waals surface area contributed by atoms with Crippen molar-refractivity contribution in [2.75, 3.05) is 20.8 Å². The second-order valence-corrected chi connectivity index (χ2v) is 6.64. The van der Waals surface area contributed by atoms with Crippen LogP contribution in [0.25, 0.3) is 0 Å². The van der Waals surface area contributed by atoms with Crippen LogP contribution in [0, 0.1) is 0 Å². The van der Waals surface area contributed by atoms with Gasteiger partial charge in [-0.05, 0) is 49.8 Å². The van der Waals surface area contributed by atoms with Gasteiger partial charge in [-0.2, -0.15) is 0 Å². The maximum absolute atomic E-state index is 6.57. The molecule has 118 valence electrons. The Balaban J connectivity index is 2.02. The highest BCUT2D eigenvalue weighted by Gasteiger charge is 2.19. The summed E-state index contributed by atoms with van der Waals surface area (Å²) < 4.78 is 17.3. The van der Waals surface area contributed by atoms with Gasteiger partial charge in [-0.15, -0.1) is 11.6 Å². The number of methoxy groups -OCH3 is 2. The highest BCUT2D eigenvalue weighted by atomic mass is 79.9. The van der Waals surface area contributed by atoms with Gasteiger partial charge in [0, 0.05) is 11.1 Å². The second kappa shape index (κ2) is 8.25. The van der Waals surface area contributed by atoms with Crippen molar-refractivity contribution in [3.63, 3.8) is 0 Å². The van der Waals surface area contributed by atoms with Crippen molar-refractivity contribution in [3.05, 3.63) is 22.2 Å². The quantitative estimate of drug-likeness (QED) is 0.646. The number of ether oxygens (including phenoxy) is 3. The molecule has 0 aromatic heterocycles. The third-order valence-corrected chi connectivity index (χ3v) is 5.00. The molecule has 1 aliphatic heterocycles. The molecule has 1 aromatic carbocycles. The Bertz CT molecular complexity index is 461. The van der Waals surface area contributed by atoms with Gasteiger partial charge in [0.05, 0.1) is 25.7 Å². The Morgan fingerprint density at radius 3 is 2.62 bits per heavy atom. The lowest BCUT2D eigenvalue weighted by atomic mass is 10.0. The Morgan fingerprint density at radius 1 is 1.29 bits per heavy atom. The summed E-state index contributed by atoms with van der Waals surface area (Å²) in [6.45, 7) is 0.887. The van der Waals surface area contributed by atoms with E-state index in [0.717, 1.165) is 35.9 Å². The fourth-order valence-corrected chi connectivity index (χ4v) is 3.67. The van der Waals surface area contributed by atoms with Crippen LogP contribution in [0.2, 0.25) is 0 Å². The second-order valence-electron chi connectivity index (χ2n) is 5.26. The molecule has 5 heteroatoms. The molecule has 1 saturated heterocycles. The van der Waals surface area contributed by atoms with Crippen molar-refractivity contribution in [2.24, 2.45) is 0 Å². The topological polar surface area (TPSA) is 27.7 Å². The summed E-state index contributed by atoms with van der Waals surface area (Å²) in [7, 11) is 3.26. The van der Waals surface area contributed by atoms with Crippen LogP contribution in [0.15, 0.2) is 16.6 Å². The summed E-state index contributed by atoms with van der Waals surface area (Å²) in [4.78, 5) is 0. The minimum atomic E-state index is -0.0651. The van der Waals surface area contributed by atoms with E-state index in [1.54, 1.807) is 14.2 Å². The molecular formula is C16H22BrClO3. The molecule has 0 saturated carbocycles. The van der Waals surface area contributed by atoms with E-state index in [-0.39, 0.29) is 5.38 Å². The van der Waals surface area contributed by atoms with Crippen molar-refractivity contribution in [3.8, 4) is 11.5 Å². The molecule has 0 aliphatic carbocycles.